The number of amides is 3. The highest BCUT2D eigenvalue weighted by atomic mass is 35.5. The van der Waals surface area contributed by atoms with Gasteiger partial charge in [-0.05, 0) is 111 Å². The zero-order valence-corrected chi connectivity index (χ0v) is 53.3. The lowest BCUT2D eigenvalue weighted by atomic mass is 9.94. The van der Waals surface area contributed by atoms with Crippen LogP contribution in [-0.2, 0) is 22.3 Å². The molecule has 10 rings (SSSR count). The summed E-state index contributed by atoms with van der Waals surface area (Å²) in [5.41, 5.74) is 6.05. The van der Waals surface area contributed by atoms with Gasteiger partial charge in [0, 0.05) is 109 Å². The maximum absolute atomic E-state index is 14.6. The quantitative estimate of drug-likeness (QED) is 0.0436. The van der Waals surface area contributed by atoms with Gasteiger partial charge in [-0.1, -0.05) is 105 Å². The highest BCUT2D eigenvalue weighted by Crippen LogP contribution is 2.30. The number of anilines is 3. The Morgan fingerprint density at radius 3 is 1.97 bits per heavy atom. The number of hydrogen-bond donors (Lipinski definition) is 4. The molecule has 5 aromatic carbocycles. The number of nitrogens with zero attached hydrogens (tertiary/aromatic N) is 9. The molecule has 19 nitrogen and oxygen atoms in total. The maximum Gasteiger partial charge on any atom is 0.257 e. The van der Waals surface area contributed by atoms with Crippen LogP contribution in [0.1, 0.15) is 109 Å². The SMILES string of the molecule is CCC(C)NC(=O)c1cnc(NCCc2ccc(Cl)cc2)nc1-c1ccccc1F.COCCCNc1ncc(C(=O)N(C)C2CCCCC2)c(-c2ccc(C#N)cc2)n1.COc1ccccc1CCNC(=O)c1cnc(N2CCOCC2)nc1-c1ccccc1F.[HH].[HH]. The molecule has 3 aromatic heterocycles. The first kappa shape index (κ1) is 68.4. The standard InChI is InChI=1S/C24H25FN4O3.C23H24ClFN4O.C23H29N5O2.2H2/c1-31-21-9-5-2-6-17(21)10-11-26-23(30)19-16-27-24(29-12-14-32-15-13-29)28-22(19)18-7-3-4-8-20(18)25;1-3-15(2)28-22(30)19-14-27-23(26-13-12-16-8-10-17(24)11-9-16)29-21(19)18-6-4-5-7-20(18)25;1-28(19-7-4-3-5-8-19)22(29)20-16-26-23(25-13-6-14-30-2)27-21(20)18-11-9-17(15-24)10-12-18;;/h2-9,16H,10-15H2,1H3,(H,26,30);4-11,14-15H,3,12-13H2,1-2H3,(H,28,30)(H,26,27,29);9-12,16,19H,3-8,13-14H2,1-2H3,(H,25,26,27);2*1H. The van der Waals surface area contributed by atoms with Gasteiger partial charge in [0.05, 0.1) is 65.7 Å². The van der Waals surface area contributed by atoms with E-state index in [-0.39, 0.29) is 66.3 Å². The van der Waals surface area contributed by atoms with Crippen LogP contribution in [0.3, 0.4) is 0 Å². The normalized spacial score (nSPS) is 13.2. The predicted molar refractivity (Wildman–Crippen MR) is 358 cm³/mol. The summed E-state index contributed by atoms with van der Waals surface area (Å²) in [5, 5.41) is 21.9. The van der Waals surface area contributed by atoms with Crippen molar-refractivity contribution in [2.24, 2.45) is 0 Å². The molecule has 0 bridgehead atoms. The number of halogens is 3. The lowest BCUT2D eigenvalue weighted by molar-refractivity contribution is 0.0695. The van der Waals surface area contributed by atoms with E-state index in [1.165, 1.54) is 30.9 Å². The van der Waals surface area contributed by atoms with Gasteiger partial charge >= 0.3 is 0 Å². The molecule has 1 aliphatic heterocycles. The van der Waals surface area contributed by atoms with E-state index < -0.39 is 11.6 Å². The van der Waals surface area contributed by atoms with E-state index in [1.807, 2.05) is 91.4 Å². The molecule has 22 heteroatoms. The number of carbonyl (C=O) groups excluding carboxylic acids is 3. The third-order valence-corrected chi connectivity index (χ3v) is 15.9. The fraction of sp³-hybridized carbons (Fsp3) is 0.343. The van der Waals surface area contributed by atoms with Gasteiger partial charge < -0.3 is 45.3 Å². The van der Waals surface area contributed by atoms with Crippen LogP contribution in [-0.4, -0.2) is 138 Å². The Kier molecular flexibility index (Phi) is 26.2. The van der Waals surface area contributed by atoms with E-state index in [0.717, 1.165) is 67.4 Å². The number of nitrogens with one attached hydrogen (secondary N) is 4. The summed E-state index contributed by atoms with van der Waals surface area (Å²) < 4.78 is 44.9. The molecule has 0 spiro atoms. The molecule has 1 aliphatic carbocycles. The summed E-state index contributed by atoms with van der Waals surface area (Å²) in [6.07, 6.45) is 13.1. The molecule has 2 aliphatic rings. The van der Waals surface area contributed by atoms with Crippen molar-refractivity contribution in [1.82, 2.24) is 45.4 Å². The largest absolute Gasteiger partial charge is 0.496 e. The van der Waals surface area contributed by atoms with E-state index in [1.54, 1.807) is 68.9 Å². The van der Waals surface area contributed by atoms with Gasteiger partial charge in [-0.3, -0.25) is 14.4 Å². The van der Waals surface area contributed by atoms with Gasteiger partial charge in [0.1, 0.15) is 17.4 Å². The maximum atomic E-state index is 14.6. The second-order valence-electron chi connectivity index (χ2n) is 22.0. The molecule has 8 aromatic rings. The van der Waals surface area contributed by atoms with Crippen LogP contribution >= 0.6 is 11.6 Å². The summed E-state index contributed by atoms with van der Waals surface area (Å²) in [6, 6.07) is 37.3. The molecule has 3 amide bonds. The van der Waals surface area contributed by atoms with Gasteiger partial charge in [-0.2, -0.15) is 5.26 Å². The fourth-order valence-electron chi connectivity index (χ4n) is 10.3. The topological polar surface area (TPSA) is 235 Å². The second-order valence-corrected chi connectivity index (χ2v) is 22.4. The molecule has 1 atom stereocenters. The van der Waals surface area contributed by atoms with E-state index in [0.29, 0.717) is 98.7 Å². The number of para-hydroxylation sites is 1. The van der Waals surface area contributed by atoms with Crippen LogP contribution in [0.5, 0.6) is 5.75 Å². The molecule has 92 heavy (non-hydrogen) atoms. The third kappa shape index (κ3) is 19.3. The second kappa shape index (κ2) is 35.2. The number of ether oxygens (including phenoxy) is 3. The molecule has 2 fully saturated rings. The summed E-state index contributed by atoms with van der Waals surface area (Å²) >= 11 is 5.91. The first-order valence-corrected chi connectivity index (χ1v) is 31.3. The zero-order valence-electron chi connectivity index (χ0n) is 52.6. The van der Waals surface area contributed by atoms with Crippen molar-refractivity contribution in [3.8, 4) is 45.6 Å². The van der Waals surface area contributed by atoms with Crippen molar-refractivity contribution >= 4 is 47.2 Å². The van der Waals surface area contributed by atoms with Crippen molar-refractivity contribution in [1.29, 1.82) is 5.26 Å². The van der Waals surface area contributed by atoms with Crippen LogP contribution in [0, 0.1) is 23.0 Å². The molecule has 4 N–H and O–H groups in total. The molecule has 1 saturated carbocycles. The Labute approximate surface area is 544 Å². The van der Waals surface area contributed by atoms with Crippen molar-refractivity contribution < 1.29 is 40.2 Å². The first-order valence-electron chi connectivity index (χ1n) is 30.9. The molecule has 1 unspecified atom stereocenters. The molecular weight excluding hydrogens is 1190 g/mol. The Balaban J connectivity index is 0.000000221. The average Bonchev–Trinajstić information content (AvgIpc) is 0.882. The lowest BCUT2D eigenvalue weighted by Gasteiger charge is -2.31. The summed E-state index contributed by atoms with van der Waals surface area (Å²) in [4.78, 5) is 69.6. The third-order valence-electron chi connectivity index (χ3n) is 15.6. The van der Waals surface area contributed by atoms with E-state index in [9.17, 15) is 23.2 Å². The Morgan fingerprint density at radius 1 is 0.728 bits per heavy atom. The number of rotatable bonds is 23. The van der Waals surface area contributed by atoms with Gasteiger partial charge in [0.25, 0.3) is 17.7 Å². The smallest absolute Gasteiger partial charge is 0.257 e. The monoisotopic (exact) mass is 1270 g/mol. The van der Waals surface area contributed by atoms with Crippen molar-refractivity contribution in [2.45, 2.75) is 83.7 Å². The lowest BCUT2D eigenvalue weighted by Crippen LogP contribution is -2.38. The van der Waals surface area contributed by atoms with Crippen LogP contribution in [0.4, 0.5) is 26.6 Å². The highest BCUT2D eigenvalue weighted by molar-refractivity contribution is 6.30. The van der Waals surface area contributed by atoms with Gasteiger partial charge in [0.2, 0.25) is 17.8 Å². The summed E-state index contributed by atoms with van der Waals surface area (Å²) in [7, 11) is 5.16. The number of hydrogen-bond acceptors (Lipinski definition) is 16. The van der Waals surface area contributed by atoms with Crippen LogP contribution in [0.15, 0.2) is 140 Å². The van der Waals surface area contributed by atoms with Crippen molar-refractivity contribution in [3.05, 3.63) is 190 Å². The Bertz CT molecular complexity index is 3770. The van der Waals surface area contributed by atoms with E-state index in [2.05, 4.69) is 57.2 Å². The van der Waals surface area contributed by atoms with E-state index >= 15 is 0 Å². The number of benzene rings is 5. The minimum Gasteiger partial charge on any atom is -0.496 e. The van der Waals surface area contributed by atoms with Gasteiger partial charge in [0.15, 0.2) is 0 Å². The van der Waals surface area contributed by atoms with Crippen LogP contribution in [0.25, 0.3) is 33.8 Å². The minimum absolute atomic E-state index is 0. The number of carbonyl (C=O) groups is 3. The average molecular weight is 1270 g/mol. The van der Waals surface area contributed by atoms with Crippen LogP contribution in [0.2, 0.25) is 5.02 Å². The van der Waals surface area contributed by atoms with Crippen LogP contribution < -0.4 is 30.9 Å². The fourth-order valence-corrected chi connectivity index (χ4v) is 10.4. The molecule has 484 valence electrons. The molecule has 1 saturated heterocycles. The zero-order chi connectivity index (χ0) is 65.2. The summed E-state index contributed by atoms with van der Waals surface area (Å²) in [5.74, 6) is 0.408. The predicted octanol–water partition coefficient (Wildman–Crippen LogP) is 12.6. The minimum atomic E-state index is -0.444. The summed E-state index contributed by atoms with van der Waals surface area (Å²) in [6.45, 7) is 8.61. The number of methoxy groups -OCH3 is 2. The molecule has 4 heterocycles. The Hall–Kier alpha value is -9.49. The number of nitriles is 1. The molecule has 0 radical (unpaired) electrons. The first-order chi connectivity index (χ1) is 44.8. The number of aromatic nitrogens is 6. The van der Waals surface area contributed by atoms with Gasteiger partial charge in [-0.25, -0.2) is 38.7 Å². The molecular formula is C70H82ClF2N13O6. The van der Waals surface area contributed by atoms with E-state index in [4.69, 9.17) is 31.1 Å². The van der Waals surface area contributed by atoms with Gasteiger partial charge in [-0.15, -0.1) is 0 Å². The highest BCUT2D eigenvalue weighted by Gasteiger charge is 2.27. The number of morpholine rings is 1. The Morgan fingerprint density at radius 2 is 1.33 bits per heavy atom. The van der Waals surface area contributed by atoms with Crippen molar-refractivity contribution in [2.75, 3.05) is 89.3 Å². The van der Waals surface area contributed by atoms with Crippen molar-refractivity contribution in [3.63, 3.8) is 0 Å².